The van der Waals surface area contributed by atoms with Crippen LogP contribution in [-0.4, -0.2) is 16.7 Å². The van der Waals surface area contributed by atoms with Crippen molar-refractivity contribution in [2.45, 2.75) is 44.1 Å². The third-order valence-corrected chi connectivity index (χ3v) is 3.27. The fourth-order valence-corrected chi connectivity index (χ4v) is 2.10. The minimum atomic E-state index is 0.316. The van der Waals surface area contributed by atoms with Gasteiger partial charge in [0.15, 0.2) is 0 Å². The number of hydrogen-bond acceptors (Lipinski definition) is 4. The smallest absolute Gasteiger partial charge is 0.233 e. The van der Waals surface area contributed by atoms with Crippen molar-refractivity contribution in [2.75, 3.05) is 6.54 Å². The first-order chi connectivity index (χ1) is 6.93. The summed E-state index contributed by atoms with van der Waals surface area (Å²) < 4.78 is 5.69. The van der Waals surface area contributed by atoms with Gasteiger partial charge in [0.25, 0.3) is 0 Å². The van der Waals surface area contributed by atoms with Gasteiger partial charge in [-0.05, 0) is 32.2 Å². The van der Waals surface area contributed by atoms with E-state index in [0.717, 1.165) is 24.7 Å². The molecule has 0 bridgehead atoms. The summed E-state index contributed by atoms with van der Waals surface area (Å²) in [7, 11) is 0. The molecule has 2 fully saturated rings. The molecule has 1 N–H and O–H groups in total. The lowest BCUT2D eigenvalue weighted by Gasteiger charge is -2.20. The van der Waals surface area contributed by atoms with E-state index >= 15 is 0 Å². The van der Waals surface area contributed by atoms with Crippen molar-refractivity contribution in [3.63, 3.8) is 0 Å². The van der Waals surface area contributed by atoms with Crippen LogP contribution in [0.5, 0.6) is 0 Å². The lowest BCUT2D eigenvalue weighted by Crippen LogP contribution is -2.13. The van der Waals surface area contributed by atoms with Crippen molar-refractivity contribution in [3.8, 4) is 0 Å². The maximum atomic E-state index is 5.69. The molecule has 1 aliphatic carbocycles. The number of nitrogens with one attached hydrogen (secondary N) is 1. The third-order valence-electron chi connectivity index (χ3n) is 3.27. The Morgan fingerprint density at radius 2 is 1.93 bits per heavy atom. The molecule has 3 rings (SSSR count). The maximum Gasteiger partial charge on any atom is 0.233 e. The van der Waals surface area contributed by atoms with Gasteiger partial charge in [-0.3, -0.25) is 0 Å². The van der Waals surface area contributed by atoms with Gasteiger partial charge in [0.2, 0.25) is 11.8 Å². The highest BCUT2D eigenvalue weighted by Crippen LogP contribution is 2.36. The Balaban J connectivity index is 1.75. The molecule has 2 aliphatic rings. The van der Waals surface area contributed by atoms with E-state index in [1.54, 1.807) is 0 Å². The van der Waals surface area contributed by atoms with Crippen LogP contribution in [0.3, 0.4) is 0 Å². The summed E-state index contributed by atoms with van der Waals surface area (Å²) in [6.45, 7) is 1.08. The first-order valence-electron chi connectivity index (χ1n) is 5.50. The van der Waals surface area contributed by atoms with Crippen LogP contribution < -0.4 is 5.32 Å². The van der Waals surface area contributed by atoms with Gasteiger partial charge < -0.3 is 9.73 Å². The van der Waals surface area contributed by atoms with Crippen LogP contribution in [-0.2, 0) is 0 Å². The third kappa shape index (κ3) is 1.34. The van der Waals surface area contributed by atoms with Gasteiger partial charge in [0.1, 0.15) is 0 Å². The first-order valence-corrected chi connectivity index (χ1v) is 5.50. The van der Waals surface area contributed by atoms with Crippen molar-refractivity contribution >= 4 is 0 Å². The van der Waals surface area contributed by atoms with Crippen LogP contribution in [0.2, 0.25) is 0 Å². The standard InChI is InChI=1S/C10H15N3O/c1-3-7(4-1)9-12-13-10(14-9)8-5-2-6-11-8/h7-8,11H,1-6H2. The predicted octanol–water partition coefficient (Wildman–Crippen LogP) is 1.76. The van der Waals surface area contributed by atoms with Crippen molar-refractivity contribution in [1.82, 2.24) is 15.5 Å². The largest absolute Gasteiger partial charge is 0.423 e. The molecule has 1 unspecified atom stereocenters. The lowest BCUT2D eigenvalue weighted by atomic mass is 9.85. The Bertz CT molecular complexity index is 313. The van der Waals surface area contributed by atoms with Crippen molar-refractivity contribution in [2.24, 2.45) is 0 Å². The Kier molecular flexibility index (Phi) is 2.01. The highest BCUT2D eigenvalue weighted by atomic mass is 16.4. The van der Waals surface area contributed by atoms with Crippen LogP contribution in [0.15, 0.2) is 4.42 Å². The quantitative estimate of drug-likeness (QED) is 0.777. The van der Waals surface area contributed by atoms with Gasteiger partial charge in [-0.25, -0.2) is 0 Å². The number of rotatable bonds is 2. The van der Waals surface area contributed by atoms with Crippen LogP contribution in [0.25, 0.3) is 0 Å². The molecule has 1 aromatic rings. The van der Waals surface area contributed by atoms with E-state index in [1.165, 1.54) is 25.7 Å². The molecule has 0 aromatic carbocycles. The molecule has 14 heavy (non-hydrogen) atoms. The zero-order chi connectivity index (χ0) is 9.38. The molecule has 0 spiro atoms. The highest BCUT2D eigenvalue weighted by Gasteiger charge is 2.28. The molecule has 1 atom stereocenters. The van der Waals surface area contributed by atoms with Crippen molar-refractivity contribution in [1.29, 1.82) is 0 Å². The average Bonchev–Trinajstić information content (AvgIpc) is 2.65. The first kappa shape index (κ1) is 8.41. The zero-order valence-electron chi connectivity index (χ0n) is 8.20. The second-order valence-corrected chi connectivity index (χ2v) is 4.26. The topological polar surface area (TPSA) is 51.0 Å². The Labute approximate surface area is 83.1 Å². The Morgan fingerprint density at radius 3 is 2.57 bits per heavy atom. The molecule has 1 saturated carbocycles. The van der Waals surface area contributed by atoms with E-state index in [0.29, 0.717) is 12.0 Å². The fourth-order valence-electron chi connectivity index (χ4n) is 2.10. The van der Waals surface area contributed by atoms with Crippen LogP contribution in [0.1, 0.15) is 55.8 Å². The van der Waals surface area contributed by atoms with E-state index in [-0.39, 0.29) is 0 Å². The van der Waals surface area contributed by atoms with Crippen molar-refractivity contribution < 1.29 is 4.42 Å². The SMILES string of the molecule is C1CC(c2nnc(C3CCCN3)o2)C1. The summed E-state index contributed by atoms with van der Waals surface area (Å²) in [6.07, 6.45) is 6.10. The van der Waals surface area contributed by atoms with Crippen LogP contribution in [0, 0.1) is 0 Å². The molecule has 1 aromatic heterocycles. The second kappa shape index (κ2) is 3.35. The molecule has 0 radical (unpaired) electrons. The lowest BCUT2D eigenvalue weighted by molar-refractivity contribution is 0.314. The van der Waals surface area contributed by atoms with Gasteiger partial charge >= 0.3 is 0 Å². The summed E-state index contributed by atoms with van der Waals surface area (Å²) in [5, 5.41) is 11.6. The summed E-state index contributed by atoms with van der Waals surface area (Å²) in [5.74, 6) is 2.21. The molecular weight excluding hydrogens is 178 g/mol. The van der Waals surface area contributed by atoms with Gasteiger partial charge in [0.05, 0.1) is 6.04 Å². The van der Waals surface area contributed by atoms with E-state index in [2.05, 4.69) is 15.5 Å². The summed E-state index contributed by atoms with van der Waals surface area (Å²) in [4.78, 5) is 0. The average molecular weight is 193 g/mol. The summed E-state index contributed by atoms with van der Waals surface area (Å²) in [6, 6.07) is 0.316. The summed E-state index contributed by atoms with van der Waals surface area (Å²) >= 11 is 0. The minimum Gasteiger partial charge on any atom is -0.423 e. The maximum absolute atomic E-state index is 5.69. The Morgan fingerprint density at radius 1 is 1.07 bits per heavy atom. The van der Waals surface area contributed by atoms with E-state index in [9.17, 15) is 0 Å². The van der Waals surface area contributed by atoms with E-state index in [1.807, 2.05) is 0 Å². The molecule has 4 nitrogen and oxygen atoms in total. The molecule has 0 amide bonds. The van der Waals surface area contributed by atoms with Crippen LogP contribution in [0.4, 0.5) is 0 Å². The molecular formula is C10H15N3O. The normalized spacial score (nSPS) is 27.9. The number of hydrogen-bond donors (Lipinski definition) is 1. The van der Waals surface area contributed by atoms with Gasteiger partial charge in [-0.1, -0.05) is 6.42 Å². The molecule has 1 saturated heterocycles. The number of nitrogens with zero attached hydrogens (tertiary/aromatic N) is 2. The predicted molar refractivity (Wildman–Crippen MR) is 50.9 cm³/mol. The molecule has 1 aliphatic heterocycles. The van der Waals surface area contributed by atoms with Gasteiger partial charge in [-0.15, -0.1) is 10.2 Å². The zero-order valence-corrected chi connectivity index (χ0v) is 8.20. The van der Waals surface area contributed by atoms with E-state index < -0.39 is 0 Å². The Hall–Kier alpha value is -0.900. The molecule has 4 heteroatoms. The van der Waals surface area contributed by atoms with Gasteiger partial charge in [-0.2, -0.15) is 0 Å². The molecule has 76 valence electrons. The van der Waals surface area contributed by atoms with Gasteiger partial charge in [0, 0.05) is 5.92 Å². The molecule has 2 heterocycles. The van der Waals surface area contributed by atoms with E-state index in [4.69, 9.17) is 4.42 Å². The van der Waals surface area contributed by atoms with Crippen LogP contribution >= 0.6 is 0 Å². The highest BCUT2D eigenvalue weighted by molar-refractivity contribution is 4.99. The van der Waals surface area contributed by atoms with Crippen molar-refractivity contribution in [3.05, 3.63) is 11.8 Å². The monoisotopic (exact) mass is 193 g/mol. The second-order valence-electron chi connectivity index (χ2n) is 4.26. The summed E-state index contributed by atoms with van der Waals surface area (Å²) in [5.41, 5.74) is 0. The fraction of sp³-hybridized carbons (Fsp3) is 0.800. The minimum absolute atomic E-state index is 0.316. The number of aromatic nitrogens is 2.